The van der Waals surface area contributed by atoms with Gasteiger partial charge in [0.25, 0.3) is 0 Å². The number of nitrogens with two attached hydrogens (primary N) is 1. The first-order valence-corrected chi connectivity index (χ1v) is 5.71. The highest BCUT2D eigenvalue weighted by atomic mass is 16.5. The maximum absolute atomic E-state index is 5.63. The third-order valence-corrected chi connectivity index (χ3v) is 2.95. The molecular formula is C11H19N3O. The molecule has 2 rings (SSSR count). The Morgan fingerprint density at radius 2 is 2.27 bits per heavy atom. The molecule has 1 aromatic rings. The second-order valence-corrected chi connectivity index (χ2v) is 4.23. The molecule has 0 amide bonds. The van der Waals surface area contributed by atoms with E-state index in [-0.39, 0.29) is 0 Å². The van der Waals surface area contributed by atoms with Crippen LogP contribution in [0.5, 0.6) is 0 Å². The maximum Gasteiger partial charge on any atom is 0.145 e. The first-order valence-electron chi connectivity index (χ1n) is 5.71. The van der Waals surface area contributed by atoms with Gasteiger partial charge in [-0.15, -0.1) is 0 Å². The summed E-state index contributed by atoms with van der Waals surface area (Å²) in [5.74, 6) is 1.37. The lowest BCUT2D eigenvalue weighted by atomic mass is 10.1. The summed E-state index contributed by atoms with van der Waals surface area (Å²) in [6.07, 6.45) is 7.32. The van der Waals surface area contributed by atoms with Crippen LogP contribution in [0, 0.1) is 5.92 Å². The van der Waals surface area contributed by atoms with Crippen molar-refractivity contribution in [2.45, 2.75) is 32.2 Å². The zero-order valence-corrected chi connectivity index (χ0v) is 9.06. The predicted molar refractivity (Wildman–Crippen MR) is 59.4 cm³/mol. The Morgan fingerprint density at radius 3 is 2.93 bits per heavy atom. The lowest BCUT2D eigenvalue weighted by molar-refractivity contribution is 0.0930. The van der Waals surface area contributed by atoms with E-state index in [0.717, 1.165) is 25.7 Å². The monoisotopic (exact) mass is 209 g/mol. The second kappa shape index (κ2) is 5.16. The molecule has 2 N–H and O–H groups in total. The molecule has 0 radical (unpaired) electrons. The van der Waals surface area contributed by atoms with Crippen LogP contribution in [0.4, 0.5) is 5.82 Å². The molecule has 1 saturated carbocycles. The summed E-state index contributed by atoms with van der Waals surface area (Å²) < 4.78 is 7.45. The number of aromatic nitrogens is 2. The highest BCUT2D eigenvalue weighted by Gasteiger charge is 2.14. The minimum Gasteiger partial charge on any atom is -0.382 e. The molecule has 84 valence electrons. The Hall–Kier alpha value is -1.03. The van der Waals surface area contributed by atoms with Gasteiger partial charge >= 0.3 is 0 Å². The van der Waals surface area contributed by atoms with Crippen LogP contribution in [-0.2, 0) is 11.3 Å². The summed E-state index contributed by atoms with van der Waals surface area (Å²) in [7, 11) is 0. The fourth-order valence-electron chi connectivity index (χ4n) is 2.09. The number of hydrogen-bond donors (Lipinski definition) is 1. The average molecular weight is 209 g/mol. The van der Waals surface area contributed by atoms with Gasteiger partial charge in [0.05, 0.1) is 13.2 Å². The summed E-state index contributed by atoms with van der Waals surface area (Å²) >= 11 is 0. The van der Waals surface area contributed by atoms with E-state index in [1.54, 1.807) is 6.07 Å². The first kappa shape index (κ1) is 10.5. The maximum atomic E-state index is 5.63. The Balaban J connectivity index is 1.58. The zero-order chi connectivity index (χ0) is 10.5. The van der Waals surface area contributed by atoms with E-state index in [9.17, 15) is 0 Å². The number of ether oxygens (including phenoxy) is 1. The fraction of sp³-hybridized carbons (Fsp3) is 0.727. The highest BCUT2D eigenvalue weighted by Crippen LogP contribution is 2.24. The normalized spacial score (nSPS) is 17.3. The van der Waals surface area contributed by atoms with Gasteiger partial charge in [-0.05, 0) is 24.8 Å². The van der Waals surface area contributed by atoms with E-state index >= 15 is 0 Å². The molecule has 1 aliphatic carbocycles. The van der Waals surface area contributed by atoms with Gasteiger partial charge in [-0.2, -0.15) is 5.10 Å². The lowest BCUT2D eigenvalue weighted by Crippen LogP contribution is -2.11. The summed E-state index contributed by atoms with van der Waals surface area (Å²) in [6, 6.07) is 1.80. The van der Waals surface area contributed by atoms with Crippen molar-refractivity contribution in [3.05, 3.63) is 12.3 Å². The van der Waals surface area contributed by atoms with Gasteiger partial charge in [-0.3, -0.25) is 4.68 Å². The molecule has 15 heavy (non-hydrogen) atoms. The van der Waals surface area contributed by atoms with Crippen molar-refractivity contribution in [1.29, 1.82) is 0 Å². The van der Waals surface area contributed by atoms with Gasteiger partial charge in [-0.25, -0.2) is 0 Å². The molecule has 0 atom stereocenters. The molecule has 1 aliphatic rings. The molecule has 4 nitrogen and oxygen atoms in total. The van der Waals surface area contributed by atoms with Crippen molar-refractivity contribution in [2.75, 3.05) is 18.9 Å². The smallest absolute Gasteiger partial charge is 0.145 e. The molecule has 4 heteroatoms. The third-order valence-electron chi connectivity index (χ3n) is 2.95. The molecule has 1 aromatic heterocycles. The number of anilines is 1. The van der Waals surface area contributed by atoms with Crippen LogP contribution in [-0.4, -0.2) is 23.0 Å². The van der Waals surface area contributed by atoms with E-state index in [2.05, 4.69) is 5.10 Å². The van der Waals surface area contributed by atoms with Crippen molar-refractivity contribution >= 4 is 5.82 Å². The van der Waals surface area contributed by atoms with Crippen molar-refractivity contribution in [3.8, 4) is 0 Å². The van der Waals surface area contributed by atoms with Crippen LogP contribution in [0.1, 0.15) is 25.7 Å². The van der Waals surface area contributed by atoms with Gasteiger partial charge in [0.15, 0.2) is 0 Å². The average Bonchev–Trinajstić information content (AvgIpc) is 2.84. The van der Waals surface area contributed by atoms with Gasteiger partial charge in [-0.1, -0.05) is 12.8 Å². The van der Waals surface area contributed by atoms with E-state index in [0.29, 0.717) is 5.82 Å². The van der Waals surface area contributed by atoms with E-state index in [1.807, 2.05) is 10.9 Å². The summed E-state index contributed by atoms with van der Waals surface area (Å²) in [4.78, 5) is 0. The largest absolute Gasteiger partial charge is 0.382 e. The number of hydrogen-bond acceptors (Lipinski definition) is 3. The third kappa shape index (κ3) is 3.23. The van der Waals surface area contributed by atoms with Crippen molar-refractivity contribution in [1.82, 2.24) is 9.78 Å². The van der Waals surface area contributed by atoms with Gasteiger partial charge in [0.1, 0.15) is 5.82 Å². The van der Waals surface area contributed by atoms with Crippen molar-refractivity contribution in [3.63, 3.8) is 0 Å². The summed E-state index contributed by atoms with van der Waals surface area (Å²) in [5.41, 5.74) is 5.51. The summed E-state index contributed by atoms with van der Waals surface area (Å²) in [5, 5.41) is 4.09. The van der Waals surface area contributed by atoms with E-state index in [1.165, 1.54) is 25.7 Å². The number of nitrogen functional groups attached to an aromatic ring is 1. The first-order chi connectivity index (χ1) is 7.34. The minimum atomic E-state index is 0.575. The molecule has 1 heterocycles. The van der Waals surface area contributed by atoms with Crippen LogP contribution in [0.2, 0.25) is 0 Å². The quantitative estimate of drug-likeness (QED) is 0.750. The lowest BCUT2D eigenvalue weighted by Gasteiger charge is -2.09. The van der Waals surface area contributed by atoms with Crippen LogP contribution >= 0.6 is 0 Å². The zero-order valence-electron chi connectivity index (χ0n) is 9.06. The summed E-state index contributed by atoms with van der Waals surface area (Å²) in [6.45, 7) is 2.44. The van der Waals surface area contributed by atoms with Crippen LogP contribution in [0.3, 0.4) is 0 Å². The van der Waals surface area contributed by atoms with Crippen LogP contribution in [0.15, 0.2) is 12.3 Å². The molecule has 0 aliphatic heterocycles. The van der Waals surface area contributed by atoms with Crippen LogP contribution < -0.4 is 5.73 Å². The Bertz CT molecular complexity index is 292. The SMILES string of the molecule is Nc1ccn(CCOCC2CCCC2)n1. The molecule has 1 fully saturated rings. The van der Waals surface area contributed by atoms with Crippen molar-refractivity contribution < 1.29 is 4.74 Å². The van der Waals surface area contributed by atoms with Crippen molar-refractivity contribution in [2.24, 2.45) is 5.92 Å². The molecule has 0 bridgehead atoms. The van der Waals surface area contributed by atoms with E-state index in [4.69, 9.17) is 10.5 Å². The van der Waals surface area contributed by atoms with Gasteiger partial charge < -0.3 is 10.5 Å². The number of nitrogens with zero attached hydrogens (tertiary/aromatic N) is 2. The predicted octanol–water partition coefficient (Wildman–Crippen LogP) is 1.67. The number of rotatable bonds is 5. The fourth-order valence-corrected chi connectivity index (χ4v) is 2.09. The van der Waals surface area contributed by atoms with Gasteiger partial charge in [0.2, 0.25) is 0 Å². The molecular weight excluding hydrogens is 190 g/mol. The molecule has 0 aromatic carbocycles. The second-order valence-electron chi connectivity index (χ2n) is 4.23. The Morgan fingerprint density at radius 1 is 1.47 bits per heavy atom. The molecule has 0 saturated heterocycles. The molecule has 0 unspecified atom stereocenters. The van der Waals surface area contributed by atoms with Crippen LogP contribution in [0.25, 0.3) is 0 Å². The standard InChI is InChI=1S/C11H19N3O/c12-11-5-6-14(13-11)7-8-15-9-10-3-1-2-4-10/h5-6,10H,1-4,7-9H2,(H2,12,13). The van der Waals surface area contributed by atoms with Gasteiger partial charge in [0, 0.05) is 12.8 Å². The van der Waals surface area contributed by atoms with E-state index < -0.39 is 0 Å². The molecule has 0 spiro atoms. The minimum absolute atomic E-state index is 0.575. The Kier molecular flexibility index (Phi) is 3.61. The topological polar surface area (TPSA) is 53.1 Å². The Labute approximate surface area is 90.4 Å². The highest BCUT2D eigenvalue weighted by molar-refractivity contribution is 5.23.